The van der Waals surface area contributed by atoms with E-state index >= 15 is 0 Å². The minimum absolute atomic E-state index is 0.0871. The molecule has 0 N–H and O–H groups in total. The van der Waals surface area contributed by atoms with Crippen LogP contribution in [0.25, 0.3) is 0 Å². The topological polar surface area (TPSA) is 78.3 Å². The maximum Gasteiger partial charge on any atom is 0.334 e. The molecule has 3 heterocycles. The van der Waals surface area contributed by atoms with Crippen molar-refractivity contribution in [2.75, 3.05) is 0 Å². The third-order valence-corrected chi connectivity index (χ3v) is 4.88. The van der Waals surface area contributed by atoms with Crippen molar-refractivity contribution in [1.29, 1.82) is 0 Å². The summed E-state index contributed by atoms with van der Waals surface area (Å²) in [6.07, 6.45) is 3.46. The van der Waals surface area contributed by atoms with Gasteiger partial charge >= 0.3 is 11.9 Å². The smallest absolute Gasteiger partial charge is 0.334 e. The molecular weight excluding hydrogens is 300 g/mol. The highest BCUT2D eigenvalue weighted by molar-refractivity contribution is 5.91. The molecule has 1 aliphatic carbocycles. The lowest BCUT2D eigenvalue weighted by atomic mass is 9.89. The van der Waals surface area contributed by atoms with Crippen molar-refractivity contribution in [2.45, 2.75) is 57.5 Å². The fourth-order valence-electron chi connectivity index (χ4n) is 3.58. The minimum atomic E-state index is -0.650. The van der Waals surface area contributed by atoms with E-state index in [2.05, 4.69) is 0 Å². The Hall–Kier alpha value is -2.08. The summed E-state index contributed by atoms with van der Waals surface area (Å²) in [6, 6.07) is 0. The number of fused-ring (bicyclic) bond motifs is 4. The molecule has 4 rings (SSSR count). The molecule has 0 amide bonds. The zero-order valence-corrected chi connectivity index (χ0v) is 13.3. The number of epoxide rings is 1. The highest BCUT2D eigenvalue weighted by atomic mass is 16.7. The average molecular weight is 318 g/mol. The van der Waals surface area contributed by atoms with Crippen LogP contribution < -0.4 is 0 Å². The Labute approximate surface area is 133 Å². The van der Waals surface area contributed by atoms with Gasteiger partial charge in [0.25, 0.3) is 0 Å². The van der Waals surface area contributed by atoms with Crippen LogP contribution in [0.2, 0.25) is 0 Å². The van der Waals surface area contributed by atoms with Gasteiger partial charge in [-0.05, 0) is 38.3 Å². The third kappa shape index (κ3) is 2.12. The van der Waals surface area contributed by atoms with Gasteiger partial charge in [0.1, 0.15) is 5.60 Å². The molecule has 0 spiro atoms. The number of hydrogen-bond acceptors (Lipinski definition) is 6. The molecule has 6 heteroatoms. The second-order valence-corrected chi connectivity index (χ2v) is 6.53. The molecule has 2 bridgehead atoms. The molecule has 4 atom stereocenters. The van der Waals surface area contributed by atoms with Crippen molar-refractivity contribution in [3.63, 3.8) is 0 Å². The van der Waals surface area contributed by atoms with Gasteiger partial charge in [-0.15, -0.1) is 0 Å². The Bertz CT molecular complexity index is 729. The normalized spacial score (nSPS) is 34.8. The second-order valence-electron chi connectivity index (χ2n) is 6.53. The molecule has 2 aliphatic heterocycles. The summed E-state index contributed by atoms with van der Waals surface area (Å²) < 4.78 is 22.6. The van der Waals surface area contributed by atoms with E-state index in [4.69, 9.17) is 18.6 Å². The second kappa shape index (κ2) is 4.71. The van der Waals surface area contributed by atoms with Gasteiger partial charge in [0.2, 0.25) is 0 Å². The average Bonchev–Trinajstić information content (AvgIpc) is 2.80. The molecule has 1 fully saturated rings. The molecule has 122 valence electrons. The van der Waals surface area contributed by atoms with Gasteiger partial charge in [-0.25, -0.2) is 4.79 Å². The van der Waals surface area contributed by atoms with E-state index in [9.17, 15) is 9.59 Å². The van der Waals surface area contributed by atoms with Gasteiger partial charge in [0, 0.05) is 18.1 Å². The number of carbonyl (C=O) groups excluding carboxylic acids is 2. The summed E-state index contributed by atoms with van der Waals surface area (Å²) in [5, 5.41) is 0. The van der Waals surface area contributed by atoms with E-state index in [1.807, 2.05) is 19.9 Å². The largest absolute Gasteiger partial charge is 0.465 e. The van der Waals surface area contributed by atoms with Crippen molar-refractivity contribution in [3.8, 4) is 0 Å². The monoisotopic (exact) mass is 318 g/mol. The predicted octanol–water partition coefficient (Wildman–Crippen LogP) is 2.67. The lowest BCUT2D eigenvalue weighted by molar-refractivity contribution is -0.151. The van der Waals surface area contributed by atoms with Crippen LogP contribution in [-0.4, -0.2) is 23.6 Å². The first-order valence-electron chi connectivity index (χ1n) is 7.74. The number of furan rings is 1. The molecule has 1 aromatic rings. The number of aryl methyl sites for hydroxylation is 1. The lowest BCUT2D eigenvalue weighted by Crippen LogP contribution is -2.27. The number of hydrogen-bond donors (Lipinski definition) is 0. The van der Waals surface area contributed by atoms with Crippen LogP contribution in [0.3, 0.4) is 0 Å². The maximum atomic E-state index is 12.0. The fourth-order valence-corrected chi connectivity index (χ4v) is 3.58. The Morgan fingerprint density at radius 2 is 2.22 bits per heavy atom. The predicted molar refractivity (Wildman–Crippen MR) is 77.4 cm³/mol. The summed E-state index contributed by atoms with van der Waals surface area (Å²) >= 11 is 0. The molecule has 0 saturated carbocycles. The zero-order valence-electron chi connectivity index (χ0n) is 13.3. The lowest BCUT2D eigenvalue weighted by Gasteiger charge is -2.22. The van der Waals surface area contributed by atoms with Gasteiger partial charge in [-0.2, -0.15) is 0 Å². The summed E-state index contributed by atoms with van der Waals surface area (Å²) in [6.45, 7) is 5.16. The van der Waals surface area contributed by atoms with Gasteiger partial charge in [-0.3, -0.25) is 4.79 Å². The number of carbonyl (C=O) groups is 2. The quantitative estimate of drug-likeness (QED) is 0.585. The number of rotatable bonds is 1. The van der Waals surface area contributed by atoms with E-state index in [0.717, 1.165) is 11.1 Å². The molecule has 1 saturated heterocycles. The SMILES string of the molecule is CC(=O)OC1c2occ(C)c2C2C=C(CCC3O[C@@]31C)C(=O)O2. The Morgan fingerprint density at radius 1 is 1.43 bits per heavy atom. The molecule has 3 aliphatic rings. The maximum absolute atomic E-state index is 12.0. The van der Waals surface area contributed by atoms with Crippen molar-refractivity contribution < 1.29 is 28.2 Å². The van der Waals surface area contributed by atoms with Gasteiger partial charge < -0.3 is 18.6 Å². The first-order chi connectivity index (χ1) is 10.9. The van der Waals surface area contributed by atoms with E-state index in [1.54, 1.807) is 6.26 Å². The summed E-state index contributed by atoms with van der Waals surface area (Å²) in [4.78, 5) is 23.6. The van der Waals surface area contributed by atoms with E-state index in [0.29, 0.717) is 24.2 Å². The molecule has 3 unspecified atom stereocenters. The molecule has 6 nitrogen and oxygen atoms in total. The molecule has 23 heavy (non-hydrogen) atoms. The Balaban J connectivity index is 1.85. The number of ether oxygens (including phenoxy) is 3. The molecular formula is C17H18O6. The Morgan fingerprint density at radius 3 is 2.96 bits per heavy atom. The van der Waals surface area contributed by atoms with E-state index in [1.165, 1.54) is 6.92 Å². The molecule has 1 aromatic heterocycles. The van der Waals surface area contributed by atoms with Crippen LogP contribution in [0.1, 0.15) is 55.8 Å². The van der Waals surface area contributed by atoms with Gasteiger partial charge in [-0.1, -0.05) is 0 Å². The third-order valence-electron chi connectivity index (χ3n) is 4.88. The van der Waals surface area contributed by atoms with Crippen molar-refractivity contribution in [1.82, 2.24) is 0 Å². The van der Waals surface area contributed by atoms with Crippen molar-refractivity contribution >= 4 is 11.9 Å². The summed E-state index contributed by atoms with van der Waals surface area (Å²) in [7, 11) is 0. The van der Waals surface area contributed by atoms with Crippen molar-refractivity contribution in [2.24, 2.45) is 0 Å². The van der Waals surface area contributed by atoms with Crippen LogP contribution in [0.5, 0.6) is 0 Å². The fraction of sp³-hybridized carbons (Fsp3) is 0.529. The summed E-state index contributed by atoms with van der Waals surface area (Å²) in [5.74, 6) is -0.197. The zero-order chi connectivity index (χ0) is 16.4. The van der Waals surface area contributed by atoms with Crippen LogP contribution in [0.15, 0.2) is 22.3 Å². The van der Waals surface area contributed by atoms with Gasteiger partial charge in [0.05, 0.1) is 12.4 Å². The van der Waals surface area contributed by atoms with Crippen LogP contribution in [0, 0.1) is 6.92 Å². The molecule has 0 aromatic carbocycles. The Kier molecular flexibility index (Phi) is 2.97. The van der Waals surface area contributed by atoms with E-state index < -0.39 is 23.8 Å². The first kappa shape index (κ1) is 14.5. The van der Waals surface area contributed by atoms with Crippen LogP contribution in [0.4, 0.5) is 0 Å². The van der Waals surface area contributed by atoms with Crippen molar-refractivity contribution in [3.05, 3.63) is 34.8 Å². The summed E-state index contributed by atoms with van der Waals surface area (Å²) in [5.41, 5.74) is 1.64. The van der Waals surface area contributed by atoms with E-state index in [-0.39, 0.29) is 12.1 Å². The highest BCUT2D eigenvalue weighted by Crippen LogP contribution is 2.53. The van der Waals surface area contributed by atoms with Gasteiger partial charge in [0.15, 0.2) is 18.0 Å². The number of esters is 2. The highest BCUT2D eigenvalue weighted by Gasteiger charge is 2.61. The standard InChI is InChI=1S/C17H18O6/c1-8-7-20-14-13(8)11-6-10(16(19)22-11)4-5-12-17(3,23-12)15(14)21-9(2)18/h6-7,11-12,15H,4-5H2,1-3H3/t11?,12?,15?,17-/m0/s1. The molecule has 0 radical (unpaired) electrons. The first-order valence-corrected chi connectivity index (χ1v) is 7.74. The minimum Gasteiger partial charge on any atom is -0.465 e. The van der Waals surface area contributed by atoms with Crippen LogP contribution in [-0.2, 0) is 23.8 Å². The van der Waals surface area contributed by atoms with Crippen LogP contribution >= 0.6 is 0 Å².